The second-order valence-corrected chi connectivity index (χ2v) is 9.04. The second-order valence-electron chi connectivity index (χ2n) is 6.99. The molecule has 7 N–H and O–H groups in total. The molecule has 11 nitrogen and oxygen atoms in total. The van der Waals surface area contributed by atoms with Crippen molar-refractivity contribution in [1.82, 2.24) is 4.57 Å². The van der Waals surface area contributed by atoms with Crippen molar-refractivity contribution in [3.8, 4) is 0 Å². The second kappa shape index (κ2) is 9.80. The van der Waals surface area contributed by atoms with Gasteiger partial charge in [0.05, 0.1) is 10.6 Å². The number of aryl methyl sites for hydroxylation is 1. The van der Waals surface area contributed by atoms with Crippen molar-refractivity contribution in [3.63, 3.8) is 0 Å². The number of nitrogens with two attached hydrogens (primary N) is 3. The number of nitrogens with zero attached hydrogens (tertiary/aromatic N) is 2. The van der Waals surface area contributed by atoms with Gasteiger partial charge >= 0.3 is 6.18 Å². The number of rotatable bonds is 8. The molecule has 2 unspecified atom stereocenters. The number of halogens is 4. The van der Waals surface area contributed by atoms with Gasteiger partial charge in [-0.15, -0.1) is 0 Å². The van der Waals surface area contributed by atoms with E-state index in [-0.39, 0.29) is 5.69 Å². The number of oxime groups is 1. The van der Waals surface area contributed by atoms with Gasteiger partial charge in [0.2, 0.25) is 11.9 Å². The highest BCUT2D eigenvalue weighted by molar-refractivity contribution is 7.92. The summed E-state index contributed by atoms with van der Waals surface area (Å²) in [6.07, 6.45) is -6.02. The van der Waals surface area contributed by atoms with Crippen LogP contribution in [0.3, 0.4) is 0 Å². The van der Waals surface area contributed by atoms with Crippen LogP contribution in [-0.4, -0.2) is 31.0 Å². The first-order chi connectivity index (χ1) is 15.6. The summed E-state index contributed by atoms with van der Waals surface area (Å²) >= 11 is 5.81. The first-order valence-electron chi connectivity index (χ1n) is 9.22. The zero-order valence-corrected chi connectivity index (χ0v) is 19.2. The molecule has 1 amide bonds. The van der Waals surface area contributed by atoms with E-state index in [9.17, 15) is 31.2 Å². The van der Waals surface area contributed by atoms with E-state index < -0.39 is 66.9 Å². The van der Waals surface area contributed by atoms with Crippen molar-refractivity contribution in [3.05, 3.63) is 57.0 Å². The van der Waals surface area contributed by atoms with Crippen LogP contribution in [0.25, 0.3) is 0 Å². The molecule has 34 heavy (non-hydrogen) atoms. The third kappa shape index (κ3) is 5.91. The predicted octanol–water partition coefficient (Wildman–Crippen LogP) is 1.25. The maximum atomic E-state index is 13.1. The average molecular weight is 525 g/mol. The number of pyridine rings is 1. The molecule has 0 aliphatic heterocycles. The number of carbonyl (C=O) groups excluding carboxylic acids is 1. The number of amides is 1. The predicted molar refractivity (Wildman–Crippen MR) is 117 cm³/mol. The first-order valence-corrected chi connectivity index (χ1v) is 11.1. The SMILES string of the molecule is Cc1ccc(NS(=O)(=O)c2cc(C(F)(F)F)ccc2Cl)c(=O)n1C(C(N)=O)C(C)ON=C(N)N. The Bertz CT molecular complexity index is 1290. The van der Waals surface area contributed by atoms with Gasteiger partial charge in [0.25, 0.3) is 15.6 Å². The highest BCUT2D eigenvalue weighted by Gasteiger charge is 2.34. The van der Waals surface area contributed by atoms with Gasteiger partial charge in [0, 0.05) is 5.69 Å². The minimum atomic E-state index is -4.84. The fraction of sp³-hybridized carbons (Fsp3) is 0.278. The van der Waals surface area contributed by atoms with E-state index >= 15 is 0 Å². The van der Waals surface area contributed by atoms with E-state index in [4.69, 9.17) is 33.6 Å². The topological polar surface area (TPSA) is 185 Å². The van der Waals surface area contributed by atoms with Gasteiger partial charge in [-0.1, -0.05) is 11.6 Å². The normalized spacial score (nSPS) is 13.6. The number of anilines is 1. The monoisotopic (exact) mass is 524 g/mol. The Labute approximate surface area is 196 Å². The number of hydrogen-bond donors (Lipinski definition) is 4. The number of carbonyl (C=O) groups is 1. The minimum Gasteiger partial charge on any atom is -0.387 e. The molecule has 0 saturated carbocycles. The lowest BCUT2D eigenvalue weighted by atomic mass is 10.1. The summed E-state index contributed by atoms with van der Waals surface area (Å²) in [4.78, 5) is 29.2. The summed E-state index contributed by atoms with van der Waals surface area (Å²) in [7, 11) is -4.76. The van der Waals surface area contributed by atoms with Crippen LogP contribution in [0.1, 0.15) is 24.2 Å². The summed E-state index contributed by atoms with van der Waals surface area (Å²) in [6, 6.07) is 2.54. The third-order valence-electron chi connectivity index (χ3n) is 4.45. The number of alkyl halides is 3. The fourth-order valence-electron chi connectivity index (χ4n) is 2.92. The first kappa shape index (κ1) is 26.8. The Morgan fingerprint density at radius 2 is 1.82 bits per heavy atom. The summed E-state index contributed by atoms with van der Waals surface area (Å²) in [6.45, 7) is 2.75. The molecule has 0 aliphatic rings. The number of sulfonamides is 1. The molecule has 0 saturated heterocycles. The number of hydrogen-bond acceptors (Lipinski definition) is 6. The van der Waals surface area contributed by atoms with Gasteiger partial charge < -0.3 is 22.0 Å². The fourth-order valence-corrected chi connectivity index (χ4v) is 4.51. The van der Waals surface area contributed by atoms with Crippen LogP contribution in [0.15, 0.2) is 45.2 Å². The van der Waals surface area contributed by atoms with E-state index in [1.54, 1.807) is 0 Å². The van der Waals surface area contributed by atoms with Gasteiger partial charge in [0.15, 0.2) is 12.1 Å². The lowest BCUT2D eigenvalue weighted by Gasteiger charge is -2.24. The molecule has 0 spiro atoms. The van der Waals surface area contributed by atoms with Crippen LogP contribution in [-0.2, 0) is 25.8 Å². The Balaban J connectivity index is 2.57. The Hall–Kier alpha value is -3.46. The molecular weight excluding hydrogens is 505 g/mol. The van der Waals surface area contributed by atoms with E-state index in [1.807, 2.05) is 4.72 Å². The molecule has 1 aromatic carbocycles. The number of guanidine groups is 1. The standard InChI is InChI=1S/C18H20ClF3N6O5S/c1-8-3-6-12(16(30)28(8)14(15(23)29)9(2)33-26-17(24)25)27-34(31,32)13-7-10(18(20,21)22)4-5-11(13)19/h3-7,9,14,27H,1-2H3,(H2,23,29)(H4,24,25,26). The van der Waals surface area contributed by atoms with Crippen molar-refractivity contribution < 1.29 is 31.2 Å². The average Bonchev–Trinajstić information content (AvgIpc) is 2.70. The van der Waals surface area contributed by atoms with Crippen LogP contribution in [0.2, 0.25) is 5.02 Å². The summed E-state index contributed by atoms with van der Waals surface area (Å²) in [5.41, 5.74) is 13.0. The molecule has 1 heterocycles. The van der Waals surface area contributed by atoms with E-state index in [0.717, 1.165) is 16.7 Å². The molecule has 0 radical (unpaired) electrons. The Kier molecular flexibility index (Phi) is 7.72. The molecule has 1 aromatic heterocycles. The van der Waals surface area contributed by atoms with E-state index in [1.165, 1.54) is 19.9 Å². The van der Waals surface area contributed by atoms with E-state index in [2.05, 4.69) is 5.16 Å². The summed E-state index contributed by atoms with van der Waals surface area (Å²) in [5, 5.41) is 2.79. The summed E-state index contributed by atoms with van der Waals surface area (Å²) in [5.74, 6) is -1.51. The van der Waals surface area contributed by atoms with Gasteiger partial charge in [-0.2, -0.15) is 13.2 Å². The third-order valence-corrected chi connectivity index (χ3v) is 6.30. The smallest absolute Gasteiger partial charge is 0.387 e. The van der Waals surface area contributed by atoms with Gasteiger partial charge in [0.1, 0.15) is 10.6 Å². The quantitative estimate of drug-likeness (QED) is 0.227. The van der Waals surface area contributed by atoms with Crippen LogP contribution in [0.5, 0.6) is 0 Å². The molecule has 2 aromatic rings. The maximum absolute atomic E-state index is 13.1. The largest absolute Gasteiger partial charge is 0.416 e. The summed E-state index contributed by atoms with van der Waals surface area (Å²) < 4.78 is 67.4. The molecular formula is C18H20ClF3N6O5S. The lowest BCUT2D eigenvalue weighted by Crippen LogP contribution is -2.42. The number of nitrogens with one attached hydrogen (secondary N) is 1. The minimum absolute atomic E-state index is 0.175. The van der Waals surface area contributed by atoms with Crippen molar-refractivity contribution in [1.29, 1.82) is 0 Å². The molecule has 2 atom stereocenters. The number of benzene rings is 1. The molecule has 0 aliphatic carbocycles. The van der Waals surface area contributed by atoms with Gasteiger partial charge in [-0.3, -0.25) is 18.9 Å². The Morgan fingerprint density at radius 1 is 1.21 bits per heavy atom. The number of aromatic nitrogens is 1. The molecule has 0 fully saturated rings. The zero-order chi connectivity index (χ0) is 26.0. The highest BCUT2D eigenvalue weighted by Crippen LogP contribution is 2.33. The molecule has 2 rings (SSSR count). The van der Waals surface area contributed by atoms with Crippen molar-refractivity contribution in [2.75, 3.05) is 4.72 Å². The molecule has 186 valence electrons. The number of primary amides is 1. The van der Waals surface area contributed by atoms with Gasteiger partial charge in [-0.25, -0.2) is 8.42 Å². The Morgan fingerprint density at radius 3 is 2.35 bits per heavy atom. The highest BCUT2D eigenvalue weighted by atomic mass is 35.5. The van der Waals surface area contributed by atoms with E-state index in [0.29, 0.717) is 12.1 Å². The van der Waals surface area contributed by atoms with Crippen LogP contribution in [0, 0.1) is 6.92 Å². The molecule has 16 heteroatoms. The van der Waals surface area contributed by atoms with Crippen LogP contribution in [0.4, 0.5) is 18.9 Å². The van der Waals surface area contributed by atoms with Gasteiger partial charge in [-0.05, 0) is 49.3 Å². The van der Waals surface area contributed by atoms with Crippen molar-refractivity contribution >= 4 is 39.2 Å². The van der Waals surface area contributed by atoms with Crippen molar-refractivity contribution in [2.24, 2.45) is 22.4 Å². The zero-order valence-electron chi connectivity index (χ0n) is 17.6. The maximum Gasteiger partial charge on any atom is 0.416 e. The van der Waals surface area contributed by atoms with Crippen LogP contribution >= 0.6 is 11.6 Å². The van der Waals surface area contributed by atoms with Crippen molar-refractivity contribution in [2.45, 2.75) is 37.1 Å². The van der Waals surface area contributed by atoms with Crippen LogP contribution < -0.4 is 27.5 Å². The lowest BCUT2D eigenvalue weighted by molar-refractivity contribution is -0.137. The molecule has 0 bridgehead atoms.